The second-order valence-electron chi connectivity index (χ2n) is 6.48. The molecule has 0 aromatic carbocycles. The number of rotatable bonds is 5. The summed E-state index contributed by atoms with van der Waals surface area (Å²) < 4.78 is 5.25. The molecule has 142 valence electrons. The number of hydrogen-bond donors (Lipinski definition) is 1. The number of aryl methyl sites for hydroxylation is 1. The molecule has 0 unspecified atom stereocenters. The van der Waals surface area contributed by atoms with Gasteiger partial charge >= 0.3 is 0 Å². The van der Waals surface area contributed by atoms with Gasteiger partial charge in [0.05, 0.1) is 24.2 Å². The molecule has 1 saturated heterocycles. The van der Waals surface area contributed by atoms with Crippen molar-refractivity contribution in [2.45, 2.75) is 25.8 Å². The largest absolute Gasteiger partial charge is 0.465 e. The average Bonchev–Trinajstić information content (AvgIpc) is 3.38. The van der Waals surface area contributed by atoms with Crippen molar-refractivity contribution in [1.29, 1.82) is 0 Å². The van der Waals surface area contributed by atoms with Crippen molar-refractivity contribution >= 4 is 23.6 Å². The predicted molar refractivity (Wildman–Crippen MR) is 104 cm³/mol. The second-order valence-corrected chi connectivity index (χ2v) is 6.48. The minimum Gasteiger partial charge on any atom is -0.465 e. The first-order valence-electron chi connectivity index (χ1n) is 9.10. The molecule has 8 nitrogen and oxygen atoms in total. The maximum Gasteiger partial charge on any atom is 0.247 e. The maximum absolute atomic E-state index is 12.7. The van der Waals surface area contributed by atoms with Crippen LogP contribution in [0.4, 0.5) is 11.6 Å². The van der Waals surface area contributed by atoms with E-state index in [-0.39, 0.29) is 11.9 Å². The molecule has 0 bridgehead atoms. The zero-order chi connectivity index (χ0) is 19.3. The van der Waals surface area contributed by atoms with Crippen molar-refractivity contribution in [2.24, 2.45) is 0 Å². The lowest BCUT2D eigenvalue weighted by Gasteiger charge is -2.23. The molecule has 1 aliphatic rings. The molecule has 1 aliphatic heterocycles. The van der Waals surface area contributed by atoms with Gasteiger partial charge in [-0.05, 0) is 38.0 Å². The lowest BCUT2D eigenvalue weighted by molar-refractivity contribution is -0.126. The summed E-state index contributed by atoms with van der Waals surface area (Å²) in [5.74, 6) is 2.46. The SMILES string of the molecule is Cc1nc(Nc2cnccn2)cc([C@H]2CCCN2C(=O)/C=C/c2ccco2)n1. The van der Waals surface area contributed by atoms with E-state index in [0.717, 1.165) is 18.5 Å². The van der Waals surface area contributed by atoms with Gasteiger partial charge in [0.2, 0.25) is 5.91 Å². The first kappa shape index (κ1) is 17.8. The van der Waals surface area contributed by atoms with Gasteiger partial charge in [-0.3, -0.25) is 9.78 Å². The summed E-state index contributed by atoms with van der Waals surface area (Å²) in [6, 6.07) is 5.38. The molecule has 3 aromatic heterocycles. The van der Waals surface area contributed by atoms with Crippen LogP contribution in [0.3, 0.4) is 0 Å². The molecule has 0 aliphatic carbocycles. The highest BCUT2D eigenvalue weighted by molar-refractivity contribution is 5.91. The monoisotopic (exact) mass is 376 g/mol. The zero-order valence-electron chi connectivity index (χ0n) is 15.4. The summed E-state index contributed by atoms with van der Waals surface area (Å²) >= 11 is 0. The van der Waals surface area contributed by atoms with Crippen molar-refractivity contribution in [3.05, 3.63) is 66.4 Å². The van der Waals surface area contributed by atoms with Crippen molar-refractivity contribution < 1.29 is 9.21 Å². The molecule has 1 atom stereocenters. The molecule has 0 radical (unpaired) electrons. The van der Waals surface area contributed by atoms with E-state index in [1.165, 1.54) is 0 Å². The number of likely N-dealkylation sites (tertiary alicyclic amines) is 1. The summed E-state index contributed by atoms with van der Waals surface area (Å²) in [5, 5.41) is 3.14. The predicted octanol–water partition coefficient (Wildman–Crippen LogP) is 3.29. The van der Waals surface area contributed by atoms with Gasteiger partial charge in [-0.15, -0.1) is 0 Å². The Balaban J connectivity index is 1.54. The lowest BCUT2D eigenvalue weighted by Crippen LogP contribution is -2.29. The van der Waals surface area contributed by atoms with Gasteiger partial charge in [-0.1, -0.05) is 0 Å². The van der Waals surface area contributed by atoms with E-state index in [0.29, 0.717) is 29.8 Å². The van der Waals surface area contributed by atoms with Gasteiger partial charge in [-0.2, -0.15) is 0 Å². The van der Waals surface area contributed by atoms with Gasteiger partial charge in [0.15, 0.2) is 0 Å². The number of amides is 1. The quantitative estimate of drug-likeness (QED) is 0.682. The highest BCUT2D eigenvalue weighted by atomic mass is 16.3. The molecule has 1 N–H and O–H groups in total. The van der Waals surface area contributed by atoms with E-state index < -0.39 is 0 Å². The van der Waals surface area contributed by atoms with Gasteiger partial charge in [-0.25, -0.2) is 15.0 Å². The van der Waals surface area contributed by atoms with Gasteiger partial charge in [0, 0.05) is 31.1 Å². The average molecular weight is 376 g/mol. The number of carbonyl (C=O) groups is 1. The minimum atomic E-state index is -0.0853. The molecule has 1 amide bonds. The van der Waals surface area contributed by atoms with E-state index in [2.05, 4.69) is 25.3 Å². The highest BCUT2D eigenvalue weighted by Gasteiger charge is 2.30. The molecule has 3 aromatic rings. The van der Waals surface area contributed by atoms with E-state index in [9.17, 15) is 4.79 Å². The summed E-state index contributed by atoms with van der Waals surface area (Å²) in [6.45, 7) is 2.53. The van der Waals surface area contributed by atoms with E-state index in [1.807, 2.05) is 24.0 Å². The van der Waals surface area contributed by atoms with Crippen molar-refractivity contribution in [3.8, 4) is 0 Å². The standard InChI is InChI=1S/C20H20N6O2/c1-14-23-16(12-18(24-14)25-19-13-21-8-9-22-19)17-5-2-10-26(17)20(27)7-6-15-4-3-11-28-15/h3-4,6-9,11-13,17H,2,5,10H2,1H3,(H,22,23,24,25)/b7-6+/t17-/m1/s1. The Hall–Kier alpha value is -3.55. The normalized spacial score (nSPS) is 16.6. The van der Waals surface area contributed by atoms with Gasteiger partial charge < -0.3 is 14.6 Å². The van der Waals surface area contributed by atoms with Crippen molar-refractivity contribution in [2.75, 3.05) is 11.9 Å². The molecule has 0 spiro atoms. The second kappa shape index (κ2) is 7.99. The van der Waals surface area contributed by atoms with Crippen molar-refractivity contribution in [3.63, 3.8) is 0 Å². The fourth-order valence-corrected chi connectivity index (χ4v) is 3.29. The van der Waals surface area contributed by atoms with Gasteiger partial charge in [0.25, 0.3) is 0 Å². The Morgan fingerprint density at radius 3 is 3.04 bits per heavy atom. The number of furan rings is 1. The molecular weight excluding hydrogens is 356 g/mol. The molecule has 0 saturated carbocycles. The fourth-order valence-electron chi connectivity index (χ4n) is 3.29. The zero-order valence-corrected chi connectivity index (χ0v) is 15.4. The lowest BCUT2D eigenvalue weighted by atomic mass is 10.1. The van der Waals surface area contributed by atoms with Crippen LogP contribution in [0.5, 0.6) is 0 Å². The molecular formula is C20H20N6O2. The Kier molecular flexibility index (Phi) is 5.09. The summed E-state index contributed by atoms with van der Waals surface area (Å²) in [5.41, 5.74) is 0.816. The van der Waals surface area contributed by atoms with Crippen LogP contribution in [-0.2, 0) is 4.79 Å². The van der Waals surface area contributed by atoms with E-state index >= 15 is 0 Å². The van der Waals surface area contributed by atoms with Crippen LogP contribution >= 0.6 is 0 Å². The third-order valence-electron chi connectivity index (χ3n) is 4.49. The van der Waals surface area contributed by atoms with Crippen LogP contribution in [0.15, 0.2) is 53.5 Å². The van der Waals surface area contributed by atoms with Crippen LogP contribution in [0.25, 0.3) is 6.08 Å². The Morgan fingerprint density at radius 2 is 2.25 bits per heavy atom. The summed E-state index contributed by atoms with van der Waals surface area (Å²) in [7, 11) is 0. The first-order valence-corrected chi connectivity index (χ1v) is 9.10. The molecule has 28 heavy (non-hydrogen) atoms. The Morgan fingerprint density at radius 1 is 1.32 bits per heavy atom. The van der Waals surface area contributed by atoms with E-state index in [1.54, 1.807) is 43.1 Å². The minimum absolute atomic E-state index is 0.0569. The van der Waals surface area contributed by atoms with Crippen molar-refractivity contribution in [1.82, 2.24) is 24.8 Å². The Bertz CT molecular complexity index is 972. The third-order valence-corrected chi connectivity index (χ3v) is 4.49. The molecule has 4 heterocycles. The van der Waals surface area contributed by atoms with Crippen LogP contribution in [0.1, 0.15) is 36.2 Å². The number of nitrogens with zero attached hydrogens (tertiary/aromatic N) is 5. The van der Waals surface area contributed by atoms with Crippen LogP contribution in [0.2, 0.25) is 0 Å². The summed E-state index contributed by atoms with van der Waals surface area (Å²) in [4.78, 5) is 31.8. The molecule has 4 rings (SSSR count). The third kappa shape index (κ3) is 4.06. The fraction of sp³-hybridized carbons (Fsp3) is 0.250. The number of hydrogen-bond acceptors (Lipinski definition) is 7. The maximum atomic E-state index is 12.7. The topological polar surface area (TPSA) is 97.0 Å². The number of aromatic nitrogens is 4. The van der Waals surface area contributed by atoms with Crippen LogP contribution in [0, 0.1) is 6.92 Å². The Labute approximate surface area is 162 Å². The van der Waals surface area contributed by atoms with Crippen LogP contribution < -0.4 is 5.32 Å². The first-order chi connectivity index (χ1) is 13.7. The number of anilines is 2. The smallest absolute Gasteiger partial charge is 0.247 e. The van der Waals surface area contributed by atoms with Crippen LogP contribution in [-0.4, -0.2) is 37.3 Å². The van der Waals surface area contributed by atoms with E-state index in [4.69, 9.17) is 4.42 Å². The van der Waals surface area contributed by atoms with Gasteiger partial charge in [0.1, 0.15) is 23.2 Å². The number of nitrogens with one attached hydrogen (secondary N) is 1. The highest BCUT2D eigenvalue weighted by Crippen LogP contribution is 2.32. The summed E-state index contributed by atoms with van der Waals surface area (Å²) in [6.07, 6.45) is 11.5. The molecule has 1 fully saturated rings. The molecule has 8 heteroatoms. The number of carbonyl (C=O) groups excluding carboxylic acids is 1.